The number of carbonyl (C=O) groups is 1. The second-order valence-corrected chi connectivity index (χ2v) is 7.57. The maximum absolute atomic E-state index is 12.3. The number of fused-ring (bicyclic) bond motifs is 1. The molecule has 2 heterocycles. The Hall–Kier alpha value is -1.79. The molecule has 0 radical (unpaired) electrons. The number of carbonyl (C=O) groups excluding carboxylic acids is 1. The Morgan fingerprint density at radius 1 is 1.52 bits per heavy atom. The molecule has 0 saturated carbocycles. The molecule has 2 aromatic rings. The first kappa shape index (κ1) is 18.0. The quantitative estimate of drug-likeness (QED) is 0.858. The van der Waals surface area contributed by atoms with Crippen LogP contribution in [0.3, 0.4) is 0 Å². The lowest BCUT2D eigenvalue weighted by Crippen LogP contribution is -2.40. The lowest BCUT2D eigenvalue weighted by Gasteiger charge is -2.21. The summed E-state index contributed by atoms with van der Waals surface area (Å²) in [5.74, 6) is 1.29. The van der Waals surface area contributed by atoms with Crippen molar-refractivity contribution in [2.75, 3.05) is 26.7 Å². The minimum absolute atomic E-state index is 0.0681. The van der Waals surface area contributed by atoms with E-state index in [1.807, 2.05) is 18.2 Å². The Morgan fingerprint density at radius 2 is 2.32 bits per heavy atom. The number of imidazole rings is 1. The summed E-state index contributed by atoms with van der Waals surface area (Å²) in [6.45, 7) is 7.77. The summed E-state index contributed by atoms with van der Waals surface area (Å²) in [5.41, 5.74) is 1.74. The molecule has 0 aliphatic carbocycles. The van der Waals surface area contributed by atoms with Crippen LogP contribution in [0.15, 0.2) is 18.2 Å². The van der Waals surface area contributed by atoms with E-state index in [1.165, 1.54) is 0 Å². The zero-order valence-electron chi connectivity index (χ0n) is 15.1. The van der Waals surface area contributed by atoms with Crippen molar-refractivity contribution in [2.45, 2.75) is 32.9 Å². The lowest BCUT2D eigenvalue weighted by atomic mass is 10.1. The van der Waals surface area contributed by atoms with E-state index in [0.29, 0.717) is 23.5 Å². The van der Waals surface area contributed by atoms with Gasteiger partial charge in [0.05, 0.1) is 17.6 Å². The number of hydrogen-bond acceptors (Lipinski definition) is 3. The molecular formula is C18H26ClN5O. The zero-order chi connectivity index (χ0) is 18.0. The number of aromatic nitrogens is 2. The highest BCUT2D eigenvalue weighted by Crippen LogP contribution is 2.19. The normalized spacial score (nSPS) is 18.2. The van der Waals surface area contributed by atoms with E-state index in [1.54, 1.807) is 11.9 Å². The Bertz CT molecular complexity index is 744. The van der Waals surface area contributed by atoms with Gasteiger partial charge in [-0.1, -0.05) is 11.6 Å². The standard InChI is InChI=1S/C18H26ClN5O/c1-12(2)24-7-6-13(10-24)9-20-18(25)23(3)11-17-21-15-5-4-14(19)8-16(15)22-17/h4-5,8,12-13H,6-7,9-11H2,1-3H3,(H,20,25)(H,21,22)/t13-/m0/s1. The molecule has 1 fully saturated rings. The van der Waals surface area contributed by atoms with Gasteiger partial charge in [0.15, 0.2) is 0 Å². The fraction of sp³-hybridized carbons (Fsp3) is 0.556. The molecule has 2 N–H and O–H groups in total. The van der Waals surface area contributed by atoms with Crippen LogP contribution in [-0.4, -0.2) is 58.5 Å². The number of rotatable bonds is 5. The van der Waals surface area contributed by atoms with Crippen molar-refractivity contribution in [3.05, 3.63) is 29.0 Å². The third-order valence-corrected chi connectivity index (χ3v) is 5.05. The molecule has 1 aromatic carbocycles. The van der Waals surface area contributed by atoms with Crippen LogP contribution in [0, 0.1) is 5.92 Å². The van der Waals surface area contributed by atoms with Gasteiger partial charge in [0, 0.05) is 31.2 Å². The number of nitrogens with one attached hydrogen (secondary N) is 2. The van der Waals surface area contributed by atoms with Gasteiger partial charge in [-0.15, -0.1) is 0 Å². The van der Waals surface area contributed by atoms with E-state index in [2.05, 4.69) is 34.0 Å². The fourth-order valence-corrected chi connectivity index (χ4v) is 3.44. The van der Waals surface area contributed by atoms with Crippen molar-refractivity contribution in [3.63, 3.8) is 0 Å². The second kappa shape index (κ2) is 7.62. The van der Waals surface area contributed by atoms with Crippen molar-refractivity contribution in [1.82, 2.24) is 25.1 Å². The van der Waals surface area contributed by atoms with Crippen LogP contribution < -0.4 is 5.32 Å². The molecular weight excluding hydrogens is 338 g/mol. The van der Waals surface area contributed by atoms with E-state index in [4.69, 9.17) is 11.6 Å². The topological polar surface area (TPSA) is 64.3 Å². The first-order valence-electron chi connectivity index (χ1n) is 8.79. The van der Waals surface area contributed by atoms with Crippen LogP contribution in [0.5, 0.6) is 0 Å². The molecule has 1 aliphatic rings. The Labute approximate surface area is 153 Å². The smallest absolute Gasteiger partial charge is 0.317 e. The molecule has 25 heavy (non-hydrogen) atoms. The van der Waals surface area contributed by atoms with Crippen LogP contribution in [-0.2, 0) is 6.54 Å². The highest BCUT2D eigenvalue weighted by atomic mass is 35.5. The Morgan fingerprint density at radius 3 is 3.04 bits per heavy atom. The maximum Gasteiger partial charge on any atom is 0.317 e. The molecule has 1 aliphatic heterocycles. The lowest BCUT2D eigenvalue weighted by molar-refractivity contribution is 0.203. The average molecular weight is 364 g/mol. The van der Waals surface area contributed by atoms with Gasteiger partial charge in [-0.25, -0.2) is 9.78 Å². The largest absolute Gasteiger partial charge is 0.340 e. The molecule has 1 atom stereocenters. The summed E-state index contributed by atoms with van der Waals surface area (Å²) in [5, 5.41) is 3.71. The minimum Gasteiger partial charge on any atom is -0.340 e. The van der Waals surface area contributed by atoms with Gasteiger partial charge in [0.25, 0.3) is 0 Å². The number of H-pyrrole nitrogens is 1. The molecule has 0 unspecified atom stereocenters. The first-order valence-corrected chi connectivity index (χ1v) is 9.17. The summed E-state index contributed by atoms with van der Waals surface area (Å²) in [7, 11) is 1.78. The van der Waals surface area contributed by atoms with Gasteiger partial charge in [-0.2, -0.15) is 0 Å². The van der Waals surface area contributed by atoms with Crippen LogP contribution in [0.4, 0.5) is 4.79 Å². The number of aromatic amines is 1. The van der Waals surface area contributed by atoms with Gasteiger partial charge in [0.1, 0.15) is 5.82 Å². The predicted octanol–water partition coefficient (Wildman–Crippen LogP) is 3.09. The number of benzene rings is 1. The second-order valence-electron chi connectivity index (χ2n) is 7.13. The van der Waals surface area contributed by atoms with E-state index >= 15 is 0 Å². The van der Waals surface area contributed by atoms with Crippen LogP contribution in [0.25, 0.3) is 11.0 Å². The van der Waals surface area contributed by atoms with Crippen molar-refractivity contribution in [2.24, 2.45) is 5.92 Å². The summed E-state index contributed by atoms with van der Waals surface area (Å²) < 4.78 is 0. The third kappa shape index (κ3) is 4.44. The Kier molecular flexibility index (Phi) is 5.49. The molecule has 1 saturated heterocycles. The molecule has 2 amide bonds. The van der Waals surface area contributed by atoms with Crippen molar-refractivity contribution < 1.29 is 4.79 Å². The van der Waals surface area contributed by atoms with Crippen molar-refractivity contribution in [1.29, 1.82) is 0 Å². The number of urea groups is 1. The van der Waals surface area contributed by atoms with Gasteiger partial charge in [-0.3, -0.25) is 0 Å². The van der Waals surface area contributed by atoms with E-state index in [0.717, 1.165) is 42.9 Å². The summed E-state index contributed by atoms with van der Waals surface area (Å²) >= 11 is 5.99. The summed E-state index contributed by atoms with van der Waals surface area (Å²) in [6, 6.07) is 6.03. The molecule has 3 rings (SSSR count). The van der Waals surface area contributed by atoms with Gasteiger partial charge in [-0.05, 0) is 50.9 Å². The average Bonchev–Trinajstić information content (AvgIpc) is 3.18. The molecule has 0 bridgehead atoms. The van der Waals surface area contributed by atoms with Gasteiger partial charge >= 0.3 is 6.03 Å². The first-order chi connectivity index (χ1) is 11.9. The molecule has 1 aromatic heterocycles. The number of halogens is 1. The highest BCUT2D eigenvalue weighted by molar-refractivity contribution is 6.31. The van der Waals surface area contributed by atoms with Crippen LogP contribution >= 0.6 is 11.6 Å². The van der Waals surface area contributed by atoms with E-state index < -0.39 is 0 Å². The zero-order valence-corrected chi connectivity index (χ0v) is 15.8. The number of nitrogens with zero attached hydrogens (tertiary/aromatic N) is 3. The highest BCUT2D eigenvalue weighted by Gasteiger charge is 2.24. The minimum atomic E-state index is -0.0681. The molecule has 7 heteroatoms. The monoisotopic (exact) mass is 363 g/mol. The predicted molar refractivity (Wildman–Crippen MR) is 101 cm³/mol. The molecule has 136 valence electrons. The van der Waals surface area contributed by atoms with E-state index in [-0.39, 0.29) is 6.03 Å². The third-order valence-electron chi connectivity index (χ3n) is 4.82. The summed E-state index contributed by atoms with van der Waals surface area (Å²) in [4.78, 5) is 24.1. The van der Waals surface area contributed by atoms with Crippen LogP contribution in [0.2, 0.25) is 5.02 Å². The van der Waals surface area contributed by atoms with Gasteiger partial charge in [0.2, 0.25) is 0 Å². The number of likely N-dealkylation sites (tertiary alicyclic amines) is 1. The fourth-order valence-electron chi connectivity index (χ4n) is 3.27. The number of hydrogen-bond donors (Lipinski definition) is 2. The maximum atomic E-state index is 12.3. The summed E-state index contributed by atoms with van der Waals surface area (Å²) in [6.07, 6.45) is 1.15. The number of amides is 2. The van der Waals surface area contributed by atoms with Crippen molar-refractivity contribution >= 4 is 28.7 Å². The van der Waals surface area contributed by atoms with Crippen molar-refractivity contribution in [3.8, 4) is 0 Å². The molecule has 0 spiro atoms. The van der Waals surface area contributed by atoms with Gasteiger partial charge < -0.3 is 20.1 Å². The Balaban J connectivity index is 1.50. The molecule has 6 nitrogen and oxygen atoms in total. The SMILES string of the molecule is CC(C)N1CC[C@@H](CNC(=O)N(C)Cc2nc3ccc(Cl)cc3[nH]2)C1. The van der Waals surface area contributed by atoms with Crippen LogP contribution in [0.1, 0.15) is 26.1 Å². The van der Waals surface area contributed by atoms with E-state index in [9.17, 15) is 4.79 Å².